The van der Waals surface area contributed by atoms with Crippen molar-refractivity contribution in [3.8, 4) is 17.4 Å². The third-order valence-electron chi connectivity index (χ3n) is 3.19. The number of nitriles is 1. The van der Waals surface area contributed by atoms with Crippen LogP contribution < -0.4 is 5.43 Å². The Hall–Kier alpha value is -3.93. The van der Waals surface area contributed by atoms with Crippen LogP contribution in [0.5, 0.6) is 0 Å². The van der Waals surface area contributed by atoms with Crippen molar-refractivity contribution in [1.29, 1.82) is 5.26 Å². The molecule has 0 fully saturated rings. The molecule has 9 nitrogen and oxygen atoms in total. The molecule has 3 rings (SSSR count). The van der Waals surface area contributed by atoms with E-state index in [1.807, 2.05) is 6.07 Å². The molecule has 3 aromatic rings. The molecule has 25 heavy (non-hydrogen) atoms. The van der Waals surface area contributed by atoms with Gasteiger partial charge in [0.25, 0.3) is 11.6 Å². The molecule has 9 heteroatoms. The Balaban J connectivity index is 1.78. The molecule has 0 aliphatic heterocycles. The van der Waals surface area contributed by atoms with Crippen molar-refractivity contribution in [1.82, 2.24) is 4.98 Å². The summed E-state index contributed by atoms with van der Waals surface area (Å²) >= 11 is 0. The van der Waals surface area contributed by atoms with Crippen molar-refractivity contribution in [2.24, 2.45) is 5.10 Å². The summed E-state index contributed by atoms with van der Waals surface area (Å²) in [5.41, 5.74) is 2.98. The first-order valence-corrected chi connectivity index (χ1v) is 7.08. The molecular weight excluding hydrogens is 326 g/mol. The molecule has 0 amide bonds. The molecular formula is C16H11N5O4. The lowest BCUT2D eigenvalue weighted by atomic mass is 10.1. The topological polar surface area (TPSA) is 130 Å². The number of anilines is 1. The highest BCUT2D eigenvalue weighted by Crippen LogP contribution is 2.30. The summed E-state index contributed by atoms with van der Waals surface area (Å²) in [6.45, 7) is 1.61. The number of furan rings is 1. The van der Waals surface area contributed by atoms with Crippen LogP contribution in [0, 0.1) is 28.4 Å². The van der Waals surface area contributed by atoms with Crippen LogP contribution in [0.3, 0.4) is 0 Å². The molecule has 1 aromatic carbocycles. The van der Waals surface area contributed by atoms with Crippen LogP contribution in [0.2, 0.25) is 0 Å². The maximum absolute atomic E-state index is 11.1. The van der Waals surface area contributed by atoms with Gasteiger partial charge in [-0.1, -0.05) is 12.1 Å². The van der Waals surface area contributed by atoms with Gasteiger partial charge in [0, 0.05) is 13.0 Å². The van der Waals surface area contributed by atoms with E-state index in [2.05, 4.69) is 15.5 Å². The molecule has 0 saturated carbocycles. The number of benzene rings is 1. The van der Waals surface area contributed by atoms with Crippen molar-refractivity contribution in [2.75, 3.05) is 5.43 Å². The van der Waals surface area contributed by atoms with Gasteiger partial charge in [0.15, 0.2) is 5.89 Å². The van der Waals surface area contributed by atoms with E-state index in [-0.39, 0.29) is 17.3 Å². The van der Waals surface area contributed by atoms with Crippen LogP contribution in [0.15, 0.2) is 50.3 Å². The van der Waals surface area contributed by atoms with Gasteiger partial charge in [-0.3, -0.25) is 10.1 Å². The first kappa shape index (κ1) is 15.9. The molecule has 0 aliphatic carbocycles. The van der Waals surface area contributed by atoms with Crippen molar-refractivity contribution in [3.63, 3.8) is 0 Å². The first-order chi connectivity index (χ1) is 12.1. The summed E-state index contributed by atoms with van der Waals surface area (Å²) in [6.07, 6.45) is 1.36. The van der Waals surface area contributed by atoms with E-state index < -0.39 is 4.92 Å². The van der Waals surface area contributed by atoms with Gasteiger partial charge < -0.3 is 8.83 Å². The van der Waals surface area contributed by atoms with Crippen LogP contribution in [-0.4, -0.2) is 16.1 Å². The van der Waals surface area contributed by atoms with E-state index in [4.69, 9.17) is 14.1 Å². The minimum atomic E-state index is -0.469. The lowest BCUT2D eigenvalue weighted by molar-refractivity contribution is -0.384. The Morgan fingerprint density at radius 3 is 2.88 bits per heavy atom. The quantitative estimate of drug-likeness (QED) is 0.428. The second kappa shape index (κ2) is 6.67. The maximum Gasteiger partial charge on any atom is 0.280 e. The van der Waals surface area contributed by atoms with Gasteiger partial charge in [-0.25, -0.2) is 10.4 Å². The number of nitrogens with zero attached hydrogens (tertiary/aromatic N) is 4. The third kappa shape index (κ3) is 3.37. The molecule has 0 aliphatic rings. The van der Waals surface area contributed by atoms with Crippen molar-refractivity contribution < 1.29 is 13.8 Å². The lowest BCUT2D eigenvalue weighted by Gasteiger charge is -1.98. The average Bonchev–Trinajstić information content (AvgIpc) is 3.21. The second-order valence-electron chi connectivity index (χ2n) is 4.87. The molecule has 1 N–H and O–H groups in total. The molecule has 0 saturated heterocycles. The number of hydrogen-bond donors (Lipinski definition) is 1. The molecule has 0 bridgehead atoms. The van der Waals surface area contributed by atoms with Gasteiger partial charge in [-0.2, -0.15) is 10.4 Å². The molecule has 0 spiro atoms. The van der Waals surface area contributed by atoms with Crippen LogP contribution in [0.25, 0.3) is 11.3 Å². The van der Waals surface area contributed by atoms with Crippen LogP contribution in [0.4, 0.5) is 11.6 Å². The Labute approximate surface area is 141 Å². The smallest absolute Gasteiger partial charge is 0.280 e. The van der Waals surface area contributed by atoms with Crippen LogP contribution in [0.1, 0.15) is 17.3 Å². The van der Waals surface area contributed by atoms with E-state index in [1.54, 1.807) is 37.3 Å². The number of oxazole rings is 1. The zero-order valence-corrected chi connectivity index (χ0v) is 13.0. The maximum atomic E-state index is 11.1. The highest BCUT2D eigenvalue weighted by molar-refractivity contribution is 5.79. The average molecular weight is 337 g/mol. The number of hydrogen-bond acceptors (Lipinski definition) is 8. The van der Waals surface area contributed by atoms with E-state index in [9.17, 15) is 10.1 Å². The van der Waals surface area contributed by atoms with E-state index in [0.717, 1.165) is 0 Å². The highest BCUT2D eigenvalue weighted by Gasteiger charge is 2.16. The summed E-state index contributed by atoms with van der Waals surface area (Å²) in [4.78, 5) is 14.5. The van der Waals surface area contributed by atoms with Gasteiger partial charge in [-0.15, -0.1) is 0 Å². The Morgan fingerprint density at radius 2 is 2.12 bits per heavy atom. The zero-order valence-electron chi connectivity index (χ0n) is 13.0. The van der Waals surface area contributed by atoms with Crippen molar-refractivity contribution >= 4 is 17.8 Å². The number of nitrogens with one attached hydrogen (secondary N) is 1. The fourth-order valence-electron chi connectivity index (χ4n) is 2.14. The number of nitro groups is 1. The number of hydrazone groups is 1. The molecule has 2 aromatic heterocycles. The molecule has 0 unspecified atom stereocenters. The zero-order chi connectivity index (χ0) is 17.8. The molecule has 0 radical (unpaired) electrons. The Morgan fingerprint density at radius 1 is 1.32 bits per heavy atom. The number of rotatable bonds is 5. The summed E-state index contributed by atoms with van der Waals surface area (Å²) in [5.74, 6) is 1.19. The van der Waals surface area contributed by atoms with E-state index >= 15 is 0 Å². The predicted molar refractivity (Wildman–Crippen MR) is 88.0 cm³/mol. The second-order valence-corrected chi connectivity index (χ2v) is 4.87. The van der Waals surface area contributed by atoms with Crippen LogP contribution >= 0.6 is 0 Å². The monoisotopic (exact) mass is 337 g/mol. The third-order valence-corrected chi connectivity index (χ3v) is 3.19. The predicted octanol–water partition coefficient (Wildman–Crippen LogP) is 3.47. The minimum absolute atomic E-state index is 0.0470. The summed E-state index contributed by atoms with van der Waals surface area (Å²) in [6, 6.07) is 11.4. The SMILES string of the molecule is Cc1nc(C#N)c(N/N=C/c2ccc(-c3ccccc3[N+](=O)[O-])o2)o1. The Kier molecular flexibility index (Phi) is 4.26. The van der Waals surface area contributed by atoms with Gasteiger partial charge in [0.2, 0.25) is 5.69 Å². The standard InChI is InChI=1S/C16H11N5O4/c1-10-19-13(8-17)16(24-10)20-18-9-11-6-7-15(25-11)12-4-2-3-5-14(12)21(22)23/h2-7,9,20H,1H3/b18-9+. The van der Waals surface area contributed by atoms with Crippen molar-refractivity contribution in [3.05, 3.63) is 63.9 Å². The summed E-state index contributed by atoms with van der Waals surface area (Å²) < 4.78 is 10.8. The molecule has 2 heterocycles. The van der Waals surface area contributed by atoms with Gasteiger partial charge >= 0.3 is 0 Å². The molecule has 0 atom stereocenters. The Bertz CT molecular complexity index is 996. The lowest BCUT2D eigenvalue weighted by Crippen LogP contribution is -1.91. The number of nitro benzene ring substituents is 1. The summed E-state index contributed by atoms with van der Waals surface area (Å²) in [7, 11) is 0. The fourth-order valence-corrected chi connectivity index (χ4v) is 2.14. The fraction of sp³-hybridized carbons (Fsp3) is 0.0625. The normalized spacial score (nSPS) is 10.7. The number of para-hydroxylation sites is 1. The molecule has 124 valence electrons. The van der Waals surface area contributed by atoms with Gasteiger partial charge in [0.1, 0.15) is 17.6 Å². The first-order valence-electron chi connectivity index (χ1n) is 7.08. The van der Waals surface area contributed by atoms with Crippen molar-refractivity contribution in [2.45, 2.75) is 6.92 Å². The van der Waals surface area contributed by atoms with Crippen LogP contribution in [-0.2, 0) is 0 Å². The minimum Gasteiger partial charge on any atom is -0.455 e. The summed E-state index contributed by atoms with van der Waals surface area (Å²) in [5, 5.41) is 23.9. The number of aromatic nitrogens is 1. The van der Waals surface area contributed by atoms with E-state index in [1.165, 1.54) is 12.3 Å². The highest BCUT2D eigenvalue weighted by atomic mass is 16.6. The largest absolute Gasteiger partial charge is 0.455 e. The van der Waals surface area contributed by atoms with Gasteiger partial charge in [-0.05, 0) is 18.2 Å². The van der Waals surface area contributed by atoms with E-state index in [0.29, 0.717) is 23.0 Å². The van der Waals surface area contributed by atoms with Gasteiger partial charge in [0.05, 0.1) is 16.7 Å². The number of aryl methyl sites for hydroxylation is 1.